The number of benzene rings is 1. The fourth-order valence-corrected chi connectivity index (χ4v) is 2.30. The Morgan fingerprint density at radius 2 is 1.75 bits per heavy atom. The highest BCUT2D eigenvalue weighted by atomic mass is 15.3. The molecule has 1 aromatic rings. The maximum absolute atomic E-state index is 5.92. The zero-order valence-electron chi connectivity index (χ0n) is 9.97. The molecule has 0 radical (unpaired) electrons. The average Bonchev–Trinajstić information content (AvgIpc) is 2.34. The van der Waals surface area contributed by atoms with Crippen LogP contribution in [0.2, 0.25) is 0 Å². The molecule has 1 atom stereocenters. The third-order valence-electron chi connectivity index (χ3n) is 3.39. The monoisotopic (exact) mass is 219 g/mol. The van der Waals surface area contributed by atoms with E-state index in [0.717, 1.165) is 26.2 Å². The summed E-state index contributed by atoms with van der Waals surface area (Å²) >= 11 is 0. The van der Waals surface area contributed by atoms with Crippen LogP contribution < -0.4 is 5.73 Å². The van der Waals surface area contributed by atoms with E-state index in [2.05, 4.69) is 47.2 Å². The highest BCUT2D eigenvalue weighted by molar-refractivity contribution is 5.19. The molecule has 1 fully saturated rings. The minimum Gasteiger partial charge on any atom is -0.329 e. The second-order valence-corrected chi connectivity index (χ2v) is 4.50. The number of hydrogen-bond donors (Lipinski definition) is 1. The molecule has 0 aliphatic carbocycles. The van der Waals surface area contributed by atoms with Crippen molar-refractivity contribution >= 4 is 0 Å². The van der Waals surface area contributed by atoms with Crippen LogP contribution in [0.5, 0.6) is 0 Å². The first-order chi connectivity index (χ1) is 7.81. The summed E-state index contributed by atoms with van der Waals surface area (Å²) < 4.78 is 0. The first-order valence-electron chi connectivity index (χ1n) is 5.99. The summed E-state index contributed by atoms with van der Waals surface area (Å²) in [6.45, 7) is 5.22. The van der Waals surface area contributed by atoms with Crippen molar-refractivity contribution in [2.45, 2.75) is 6.04 Å². The summed E-state index contributed by atoms with van der Waals surface area (Å²) in [6, 6.07) is 11.0. The molecule has 3 nitrogen and oxygen atoms in total. The Bertz CT molecular complexity index is 304. The third kappa shape index (κ3) is 2.61. The fraction of sp³-hybridized carbons (Fsp3) is 0.538. The summed E-state index contributed by atoms with van der Waals surface area (Å²) in [5, 5.41) is 0. The highest BCUT2D eigenvalue weighted by Gasteiger charge is 2.22. The first-order valence-corrected chi connectivity index (χ1v) is 5.99. The van der Waals surface area contributed by atoms with Gasteiger partial charge in [-0.3, -0.25) is 4.90 Å². The maximum atomic E-state index is 5.92. The van der Waals surface area contributed by atoms with Crippen LogP contribution in [0.1, 0.15) is 11.6 Å². The van der Waals surface area contributed by atoms with E-state index < -0.39 is 0 Å². The van der Waals surface area contributed by atoms with Crippen molar-refractivity contribution < 1.29 is 0 Å². The van der Waals surface area contributed by atoms with E-state index in [1.807, 2.05) is 0 Å². The van der Waals surface area contributed by atoms with Crippen LogP contribution in [0.15, 0.2) is 30.3 Å². The van der Waals surface area contributed by atoms with Crippen molar-refractivity contribution in [3.63, 3.8) is 0 Å². The molecule has 2 rings (SSSR count). The van der Waals surface area contributed by atoms with Gasteiger partial charge in [0, 0.05) is 38.8 Å². The lowest BCUT2D eigenvalue weighted by Crippen LogP contribution is -2.47. The molecule has 1 aliphatic heterocycles. The molecular formula is C13H21N3. The molecule has 88 valence electrons. The van der Waals surface area contributed by atoms with Gasteiger partial charge in [-0.1, -0.05) is 30.3 Å². The van der Waals surface area contributed by atoms with Gasteiger partial charge in [0.25, 0.3) is 0 Å². The SMILES string of the molecule is CN1CCN([C@@H](CN)c2ccccc2)CC1. The largest absolute Gasteiger partial charge is 0.329 e. The predicted molar refractivity (Wildman–Crippen MR) is 67.3 cm³/mol. The van der Waals surface area contributed by atoms with Crippen LogP contribution in [0.3, 0.4) is 0 Å². The van der Waals surface area contributed by atoms with Crippen molar-refractivity contribution in [1.29, 1.82) is 0 Å². The van der Waals surface area contributed by atoms with Gasteiger partial charge in [0.15, 0.2) is 0 Å². The molecule has 3 heteroatoms. The van der Waals surface area contributed by atoms with Crippen molar-refractivity contribution in [1.82, 2.24) is 9.80 Å². The summed E-state index contributed by atoms with van der Waals surface area (Å²) in [6.07, 6.45) is 0. The second kappa shape index (κ2) is 5.43. The fourth-order valence-electron chi connectivity index (χ4n) is 2.30. The van der Waals surface area contributed by atoms with Crippen LogP contribution in [0.4, 0.5) is 0 Å². The van der Waals surface area contributed by atoms with Gasteiger partial charge in [-0.2, -0.15) is 0 Å². The van der Waals surface area contributed by atoms with Gasteiger partial charge in [0.2, 0.25) is 0 Å². The lowest BCUT2D eigenvalue weighted by Gasteiger charge is -2.37. The van der Waals surface area contributed by atoms with Crippen molar-refractivity contribution in [3.8, 4) is 0 Å². The van der Waals surface area contributed by atoms with Gasteiger partial charge >= 0.3 is 0 Å². The van der Waals surface area contributed by atoms with Crippen LogP contribution >= 0.6 is 0 Å². The molecule has 0 bridgehead atoms. The molecule has 0 spiro atoms. The molecule has 2 N–H and O–H groups in total. The van der Waals surface area contributed by atoms with E-state index in [0.29, 0.717) is 12.6 Å². The number of piperazine rings is 1. The number of nitrogens with zero attached hydrogens (tertiary/aromatic N) is 2. The van der Waals surface area contributed by atoms with Crippen molar-refractivity contribution in [3.05, 3.63) is 35.9 Å². The normalized spacial score (nSPS) is 20.9. The standard InChI is InChI=1S/C13H21N3/c1-15-7-9-16(10-8-15)13(11-14)12-5-3-2-4-6-12/h2-6,13H,7-11,14H2,1H3/t13-/m0/s1. The highest BCUT2D eigenvalue weighted by Crippen LogP contribution is 2.20. The van der Waals surface area contributed by atoms with Gasteiger partial charge < -0.3 is 10.6 Å². The number of hydrogen-bond acceptors (Lipinski definition) is 3. The van der Waals surface area contributed by atoms with E-state index in [1.165, 1.54) is 5.56 Å². The Morgan fingerprint density at radius 3 is 2.31 bits per heavy atom. The Kier molecular flexibility index (Phi) is 3.93. The summed E-state index contributed by atoms with van der Waals surface area (Å²) in [5.41, 5.74) is 7.26. The van der Waals surface area contributed by atoms with Crippen LogP contribution in [-0.2, 0) is 0 Å². The minimum atomic E-state index is 0.384. The molecule has 0 saturated carbocycles. The lowest BCUT2D eigenvalue weighted by atomic mass is 10.0. The molecule has 0 aromatic heterocycles. The molecule has 1 heterocycles. The molecular weight excluding hydrogens is 198 g/mol. The number of nitrogens with two attached hydrogens (primary N) is 1. The van der Waals surface area contributed by atoms with Gasteiger partial charge in [-0.05, 0) is 12.6 Å². The summed E-state index contributed by atoms with van der Waals surface area (Å²) in [4.78, 5) is 4.87. The molecule has 1 aromatic carbocycles. The smallest absolute Gasteiger partial charge is 0.0471 e. The summed E-state index contributed by atoms with van der Waals surface area (Å²) in [7, 11) is 2.18. The molecule has 1 aliphatic rings. The summed E-state index contributed by atoms with van der Waals surface area (Å²) in [5.74, 6) is 0. The van der Waals surface area contributed by atoms with E-state index in [1.54, 1.807) is 0 Å². The minimum absolute atomic E-state index is 0.384. The van der Waals surface area contributed by atoms with Gasteiger partial charge in [0.05, 0.1) is 0 Å². The molecule has 16 heavy (non-hydrogen) atoms. The predicted octanol–water partition coefficient (Wildman–Crippen LogP) is 0.934. The van der Waals surface area contributed by atoms with E-state index in [9.17, 15) is 0 Å². The van der Waals surface area contributed by atoms with Crippen molar-refractivity contribution in [2.24, 2.45) is 5.73 Å². The van der Waals surface area contributed by atoms with Gasteiger partial charge in [-0.25, -0.2) is 0 Å². The Balaban J connectivity index is 2.05. The molecule has 1 saturated heterocycles. The maximum Gasteiger partial charge on any atom is 0.0471 e. The van der Waals surface area contributed by atoms with Crippen LogP contribution in [0.25, 0.3) is 0 Å². The first kappa shape index (κ1) is 11.6. The van der Waals surface area contributed by atoms with Crippen LogP contribution in [-0.4, -0.2) is 49.6 Å². The topological polar surface area (TPSA) is 32.5 Å². The van der Waals surface area contributed by atoms with Crippen LogP contribution in [0, 0.1) is 0 Å². The Morgan fingerprint density at radius 1 is 1.12 bits per heavy atom. The Labute approximate surface area is 97.8 Å². The third-order valence-corrected chi connectivity index (χ3v) is 3.39. The van der Waals surface area contributed by atoms with Crippen molar-refractivity contribution in [2.75, 3.05) is 39.8 Å². The molecule has 0 unspecified atom stereocenters. The lowest BCUT2D eigenvalue weighted by molar-refractivity contribution is 0.114. The zero-order chi connectivity index (χ0) is 11.4. The second-order valence-electron chi connectivity index (χ2n) is 4.50. The average molecular weight is 219 g/mol. The Hall–Kier alpha value is -0.900. The van der Waals surface area contributed by atoms with Gasteiger partial charge in [0.1, 0.15) is 0 Å². The van der Waals surface area contributed by atoms with E-state index >= 15 is 0 Å². The zero-order valence-corrected chi connectivity index (χ0v) is 9.97. The van der Waals surface area contributed by atoms with Gasteiger partial charge in [-0.15, -0.1) is 0 Å². The van der Waals surface area contributed by atoms with E-state index in [-0.39, 0.29) is 0 Å². The quantitative estimate of drug-likeness (QED) is 0.821. The molecule has 0 amide bonds. The number of rotatable bonds is 3. The van der Waals surface area contributed by atoms with E-state index in [4.69, 9.17) is 5.73 Å². The number of likely N-dealkylation sites (N-methyl/N-ethyl adjacent to an activating group) is 1.